The Bertz CT molecular complexity index is 692. The molecule has 1 aliphatic rings. The zero-order valence-corrected chi connectivity index (χ0v) is 10.9. The summed E-state index contributed by atoms with van der Waals surface area (Å²) in [5.74, 6) is -0.656. The Kier molecular flexibility index (Phi) is 2.85. The van der Waals surface area contributed by atoms with E-state index in [9.17, 15) is 9.59 Å². The number of H-pyrrole nitrogens is 1. The monoisotopic (exact) mass is 272 g/mol. The molecule has 1 saturated heterocycles. The maximum Gasteiger partial charge on any atom is 0.256 e. The molecule has 6 heteroatoms. The molecule has 1 fully saturated rings. The van der Waals surface area contributed by atoms with E-state index in [4.69, 9.17) is 11.5 Å². The minimum atomic E-state index is -0.341. The van der Waals surface area contributed by atoms with Crippen LogP contribution in [0, 0.1) is 5.92 Å². The molecule has 2 aromatic rings. The first kappa shape index (κ1) is 12.5. The fourth-order valence-electron chi connectivity index (χ4n) is 2.67. The van der Waals surface area contributed by atoms with E-state index in [0.717, 1.165) is 10.9 Å². The van der Waals surface area contributed by atoms with Gasteiger partial charge in [-0.25, -0.2) is 0 Å². The lowest BCUT2D eigenvalue weighted by Gasteiger charge is -2.15. The summed E-state index contributed by atoms with van der Waals surface area (Å²) >= 11 is 0. The highest BCUT2D eigenvalue weighted by Crippen LogP contribution is 2.24. The molecule has 1 aromatic heterocycles. The Morgan fingerprint density at radius 2 is 2.15 bits per heavy atom. The van der Waals surface area contributed by atoms with Gasteiger partial charge in [0.25, 0.3) is 5.91 Å². The molecule has 0 aliphatic carbocycles. The number of hydrogen-bond acceptors (Lipinski definition) is 3. The highest BCUT2D eigenvalue weighted by molar-refractivity contribution is 6.07. The van der Waals surface area contributed by atoms with E-state index in [0.29, 0.717) is 30.8 Å². The number of nitrogen functional groups attached to an aromatic ring is 1. The van der Waals surface area contributed by atoms with Gasteiger partial charge in [0.05, 0.1) is 11.5 Å². The van der Waals surface area contributed by atoms with Gasteiger partial charge in [-0.2, -0.15) is 0 Å². The summed E-state index contributed by atoms with van der Waals surface area (Å²) < 4.78 is 0. The number of benzene rings is 1. The number of carbonyl (C=O) groups is 2. The van der Waals surface area contributed by atoms with Gasteiger partial charge in [-0.3, -0.25) is 9.59 Å². The number of primary amides is 1. The summed E-state index contributed by atoms with van der Waals surface area (Å²) in [6.07, 6.45) is 2.32. The molecule has 1 unspecified atom stereocenters. The first-order valence-electron chi connectivity index (χ1n) is 6.51. The summed E-state index contributed by atoms with van der Waals surface area (Å²) in [5.41, 5.74) is 13.1. The maximum absolute atomic E-state index is 12.5. The van der Waals surface area contributed by atoms with Crippen molar-refractivity contribution in [3.05, 3.63) is 30.0 Å². The van der Waals surface area contributed by atoms with Crippen molar-refractivity contribution in [2.75, 3.05) is 18.8 Å². The lowest BCUT2D eigenvalue weighted by Crippen LogP contribution is -2.31. The van der Waals surface area contributed by atoms with Crippen molar-refractivity contribution < 1.29 is 9.59 Å². The van der Waals surface area contributed by atoms with Gasteiger partial charge in [-0.05, 0) is 24.6 Å². The molecular formula is C14H16N4O2. The summed E-state index contributed by atoms with van der Waals surface area (Å²) in [5, 5.41) is 0.840. The van der Waals surface area contributed by atoms with Crippen LogP contribution in [0.2, 0.25) is 0 Å². The molecule has 0 spiro atoms. The van der Waals surface area contributed by atoms with Crippen molar-refractivity contribution in [2.45, 2.75) is 6.42 Å². The number of nitrogens with two attached hydrogens (primary N) is 2. The average molecular weight is 272 g/mol. The summed E-state index contributed by atoms with van der Waals surface area (Å²) in [4.78, 5) is 28.4. The topological polar surface area (TPSA) is 105 Å². The molecule has 1 atom stereocenters. The zero-order chi connectivity index (χ0) is 14.3. The number of fused-ring (bicyclic) bond motifs is 1. The van der Waals surface area contributed by atoms with Gasteiger partial charge >= 0.3 is 0 Å². The van der Waals surface area contributed by atoms with Crippen LogP contribution in [-0.2, 0) is 4.79 Å². The number of nitrogens with one attached hydrogen (secondary N) is 1. The Morgan fingerprint density at radius 1 is 1.35 bits per heavy atom. The fourth-order valence-corrected chi connectivity index (χ4v) is 2.67. The van der Waals surface area contributed by atoms with Crippen molar-refractivity contribution >= 4 is 28.4 Å². The second-order valence-corrected chi connectivity index (χ2v) is 5.15. The van der Waals surface area contributed by atoms with Gasteiger partial charge in [-0.1, -0.05) is 0 Å². The normalized spacial score (nSPS) is 18.6. The number of carbonyl (C=O) groups excluding carboxylic acids is 2. The molecule has 0 bridgehead atoms. The van der Waals surface area contributed by atoms with Crippen molar-refractivity contribution in [3.63, 3.8) is 0 Å². The van der Waals surface area contributed by atoms with Crippen LogP contribution < -0.4 is 11.5 Å². The predicted molar refractivity (Wildman–Crippen MR) is 75.9 cm³/mol. The Morgan fingerprint density at radius 3 is 2.85 bits per heavy atom. The number of likely N-dealkylation sites (tertiary alicyclic amines) is 1. The van der Waals surface area contributed by atoms with Gasteiger partial charge in [0.15, 0.2) is 0 Å². The van der Waals surface area contributed by atoms with Gasteiger partial charge in [0, 0.05) is 35.9 Å². The van der Waals surface area contributed by atoms with Crippen LogP contribution in [-0.4, -0.2) is 34.8 Å². The van der Waals surface area contributed by atoms with Gasteiger partial charge in [0.2, 0.25) is 5.91 Å². The SMILES string of the molecule is NC(=O)C1CCN(C(=O)c2c[nH]c3cc(N)ccc23)C1. The number of hydrogen-bond donors (Lipinski definition) is 3. The van der Waals surface area contributed by atoms with Gasteiger partial charge < -0.3 is 21.4 Å². The number of amides is 2. The van der Waals surface area contributed by atoms with Crippen molar-refractivity contribution in [3.8, 4) is 0 Å². The van der Waals surface area contributed by atoms with Crippen LogP contribution >= 0.6 is 0 Å². The maximum atomic E-state index is 12.5. The molecule has 1 aliphatic heterocycles. The number of anilines is 1. The minimum Gasteiger partial charge on any atom is -0.399 e. The number of aromatic nitrogens is 1. The third-order valence-corrected chi connectivity index (χ3v) is 3.81. The molecule has 5 N–H and O–H groups in total. The van der Waals surface area contributed by atoms with E-state index >= 15 is 0 Å². The third kappa shape index (κ3) is 1.99. The molecule has 20 heavy (non-hydrogen) atoms. The van der Waals surface area contributed by atoms with E-state index in [2.05, 4.69) is 4.98 Å². The van der Waals surface area contributed by atoms with Crippen LogP contribution in [0.4, 0.5) is 5.69 Å². The van der Waals surface area contributed by atoms with Crippen molar-refractivity contribution in [2.24, 2.45) is 11.7 Å². The number of nitrogens with zero attached hydrogens (tertiary/aromatic N) is 1. The molecule has 3 rings (SSSR count). The van der Waals surface area contributed by atoms with Crippen molar-refractivity contribution in [1.29, 1.82) is 0 Å². The lowest BCUT2D eigenvalue weighted by atomic mass is 10.1. The fraction of sp³-hybridized carbons (Fsp3) is 0.286. The summed E-state index contributed by atoms with van der Waals surface area (Å²) in [6.45, 7) is 0.962. The van der Waals surface area contributed by atoms with Crippen LogP contribution in [0.15, 0.2) is 24.4 Å². The quantitative estimate of drug-likeness (QED) is 0.700. The molecule has 0 saturated carbocycles. The Balaban J connectivity index is 1.88. The minimum absolute atomic E-state index is 0.0789. The number of aromatic amines is 1. The summed E-state index contributed by atoms with van der Waals surface area (Å²) in [7, 11) is 0. The van der Waals surface area contributed by atoms with Crippen LogP contribution in [0.3, 0.4) is 0 Å². The second-order valence-electron chi connectivity index (χ2n) is 5.15. The van der Waals surface area contributed by atoms with E-state index in [1.54, 1.807) is 23.2 Å². The predicted octanol–water partition coefficient (Wildman–Crippen LogP) is 0.697. The smallest absolute Gasteiger partial charge is 0.256 e. The lowest BCUT2D eigenvalue weighted by molar-refractivity contribution is -0.121. The van der Waals surface area contributed by atoms with Crippen molar-refractivity contribution in [1.82, 2.24) is 9.88 Å². The molecule has 0 radical (unpaired) electrons. The summed E-state index contributed by atoms with van der Waals surface area (Å²) in [6, 6.07) is 5.39. The highest BCUT2D eigenvalue weighted by Gasteiger charge is 2.30. The standard InChI is InChI=1S/C14H16N4O2/c15-9-1-2-10-11(6-17-12(10)5-9)14(20)18-4-3-8(7-18)13(16)19/h1-2,5-6,8,17H,3-4,7,15H2,(H2,16,19). The third-order valence-electron chi connectivity index (χ3n) is 3.81. The van der Waals surface area contributed by atoms with E-state index < -0.39 is 0 Å². The van der Waals surface area contributed by atoms with E-state index in [-0.39, 0.29) is 17.7 Å². The molecular weight excluding hydrogens is 256 g/mol. The second kappa shape index (κ2) is 4.56. The highest BCUT2D eigenvalue weighted by atomic mass is 16.2. The van der Waals surface area contributed by atoms with E-state index in [1.807, 2.05) is 6.07 Å². The molecule has 2 amide bonds. The van der Waals surface area contributed by atoms with Crippen LogP contribution in [0.25, 0.3) is 10.9 Å². The largest absolute Gasteiger partial charge is 0.399 e. The zero-order valence-electron chi connectivity index (χ0n) is 10.9. The van der Waals surface area contributed by atoms with Crippen LogP contribution in [0.5, 0.6) is 0 Å². The van der Waals surface area contributed by atoms with Gasteiger partial charge in [0.1, 0.15) is 0 Å². The molecule has 1 aromatic carbocycles. The number of rotatable bonds is 2. The van der Waals surface area contributed by atoms with E-state index in [1.165, 1.54) is 0 Å². The first-order valence-corrected chi connectivity index (χ1v) is 6.51. The Labute approximate surface area is 115 Å². The molecule has 104 valence electrons. The van der Waals surface area contributed by atoms with Gasteiger partial charge in [-0.15, -0.1) is 0 Å². The Hall–Kier alpha value is -2.50. The van der Waals surface area contributed by atoms with Crippen LogP contribution in [0.1, 0.15) is 16.8 Å². The molecule has 2 heterocycles. The first-order chi connectivity index (χ1) is 9.56. The average Bonchev–Trinajstić information content (AvgIpc) is 3.04. The molecule has 6 nitrogen and oxygen atoms in total.